The monoisotopic (exact) mass is 552 g/mol. The van der Waals surface area contributed by atoms with E-state index in [4.69, 9.17) is 22.1 Å². The van der Waals surface area contributed by atoms with Crippen molar-refractivity contribution in [1.82, 2.24) is 4.90 Å². The van der Waals surface area contributed by atoms with Crippen LogP contribution in [0.15, 0.2) is 83.8 Å². The first-order valence-electron chi connectivity index (χ1n) is 12.0. The molecule has 3 N–H and O–H groups in total. The van der Waals surface area contributed by atoms with Crippen molar-refractivity contribution < 1.29 is 22.7 Å². The van der Waals surface area contributed by atoms with E-state index < -0.39 is 16.1 Å². The maximum atomic E-state index is 13.6. The summed E-state index contributed by atoms with van der Waals surface area (Å²) < 4.78 is 28.6. The third-order valence-electron chi connectivity index (χ3n) is 6.08. The number of thiocarbonyl (C=S) groups is 1. The zero-order valence-corrected chi connectivity index (χ0v) is 22.4. The van der Waals surface area contributed by atoms with Gasteiger partial charge in [-0.05, 0) is 79.7 Å². The number of imide groups is 1. The van der Waals surface area contributed by atoms with Crippen molar-refractivity contribution in [2.24, 2.45) is 5.14 Å². The zero-order chi connectivity index (χ0) is 27.3. The van der Waals surface area contributed by atoms with Crippen LogP contribution in [0.4, 0.5) is 11.4 Å². The number of hydrogen-bond donors (Lipinski definition) is 2. The second-order valence-electron chi connectivity index (χ2n) is 8.64. The molecule has 1 fully saturated rings. The van der Waals surface area contributed by atoms with Crippen LogP contribution in [0.2, 0.25) is 0 Å². The van der Waals surface area contributed by atoms with E-state index in [1.54, 1.807) is 41.3 Å². The first-order valence-corrected chi connectivity index (χ1v) is 14.0. The van der Waals surface area contributed by atoms with Crippen LogP contribution < -0.4 is 20.1 Å². The fourth-order valence-electron chi connectivity index (χ4n) is 4.20. The molecule has 1 aliphatic rings. The highest BCUT2D eigenvalue weighted by atomic mass is 32.2. The van der Waals surface area contributed by atoms with Crippen LogP contribution in [0.1, 0.15) is 18.9 Å². The number of carbonyl (C=O) groups is 2. The van der Waals surface area contributed by atoms with Crippen LogP contribution >= 0.6 is 12.2 Å². The number of amides is 2. The molecular weight excluding hydrogens is 524 g/mol. The second kappa shape index (κ2) is 11.7. The van der Waals surface area contributed by atoms with Crippen LogP contribution in [0.25, 0.3) is 0 Å². The number of hydrogen-bond acceptors (Lipinski definition) is 6. The maximum absolute atomic E-state index is 13.6. The number of nitrogens with two attached hydrogens (primary N) is 1. The van der Waals surface area contributed by atoms with Crippen molar-refractivity contribution in [2.45, 2.75) is 30.7 Å². The summed E-state index contributed by atoms with van der Waals surface area (Å²) in [5, 5.41) is 8.66. The largest absolute Gasteiger partial charge is 0.494 e. The third kappa shape index (κ3) is 6.36. The second-order valence-corrected chi connectivity index (χ2v) is 10.6. The van der Waals surface area contributed by atoms with Gasteiger partial charge in [0.1, 0.15) is 11.8 Å². The predicted octanol–water partition coefficient (Wildman–Crippen LogP) is 3.31. The highest BCUT2D eigenvalue weighted by Gasteiger charge is 2.43. The molecule has 0 saturated carbocycles. The molecule has 1 atom stereocenters. The average molecular weight is 553 g/mol. The Bertz CT molecular complexity index is 1410. The molecule has 0 bridgehead atoms. The van der Waals surface area contributed by atoms with E-state index in [1.807, 2.05) is 37.3 Å². The minimum Gasteiger partial charge on any atom is -0.494 e. The molecule has 1 saturated heterocycles. The number of carbonyl (C=O) groups excluding carboxylic acids is 2. The molecule has 38 heavy (non-hydrogen) atoms. The van der Waals surface area contributed by atoms with Crippen LogP contribution in [0.5, 0.6) is 5.75 Å². The maximum Gasteiger partial charge on any atom is 0.257 e. The molecule has 2 amide bonds. The van der Waals surface area contributed by atoms with Gasteiger partial charge in [0.05, 0.1) is 23.6 Å². The Morgan fingerprint density at radius 3 is 2.32 bits per heavy atom. The molecule has 11 heteroatoms. The smallest absolute Gasteiger partial charge is 0.257 e. The fraction of sp³-hybridized carbons (Fsp3) is 0.222. The van der Waals surface area contributed by atoms with Crippen LogP contribution in [0, 0.1) is 0 Å². The van der Waals surface area contributed by atoms with Crippen molar-refractivity contribution >= 4 is 50.5 Å². The van der Waals surface area contributed by atoms with Gasteiger partial charge < -0.3 is 15.0 Å². The highest BCUT2D eigenvalue weighted by Crippen LogP contribution is 2.28. The first-order chi connectivity index (χ1) is 18.2. The molecule has 0 aromatic heterocycles. The summed E-state index contributed by atoms with van der Waals surface area (Å²) in [4.78, 5) is 29.5. The lowest BCUT2D eigenvalue weighted by atomic mass is 10.1. The van der Waals surface area contributed by atoms with E-state index in [0.29, 0.717) is 36.1 Å². The summed E-state index contributed by atoms with van der Waals surface area (Å²) in [5.41, 5.74) is 2.04. The first kappa shape index (κ1) is 27.2. The average Bonchev–Trinajstić information content (AvgIpc) is 3.18. The molecule has 198 valence electrons. The Morgan fingerprint density at radius 1 is 1.05 bits per heavy atom. The number of rotatable bonds is 9. The van der Waals surface area contributed by atoms with Crippen LogP contribution in [-0.2, 0) is 26.0 Å². The lowest BCUT2D eigenvalue weighted by molar-refractivity contribution is -0.122. The normalized spacial score (nSPS) is 15.4. The summed E-state index contributed by atoms with van der Waals surface area (Å²) in [7, 11) is -3.80. The highest BCUT2D eigenvalue weighted by molar-refractivity contribution is 7.89. The lowest BCUT2D eigenvalue weighted by Crippen LogP contribution is -2.48. The van der Waals surface area contributed by atoms with E-state index >= 15 is 0 Å². The predicted molar refractivity (Wildman–Crippen MR) is 149 cm³/mol. The molecule has 0 aliphatic carbocycles. The van der Waals surface area contributed by atoms with E-state index in [-0.39, 0.29) is 23.1 Å². The number of nitrogens with zero attached hydrogens (tertiary/aromatic N) is 2. The van der Waals surface area contributed by atoms with Gasteiger partial charge in [-0.15, -0.1) is 0 Å². The van der Waals surface area contributed by atoms with Crippen molar-refractivity contribution in [3.8, 4) is 5.75 Å². The van der Waals surface area contributed by atoms with Gasteiger partial charge in [-0.25, -0.2) is 18.5 Å². The molecule has 0 radical (unpaired) electrons. The zero-order valence-electron chi connectivity index (χ0n) is 20.7. The quantitative estimate of drug-likeness (QED) is 0.306. The Labute approximate surface area is 227 Å². The van der Waals surface area contributed by atoms with E-state index in [9.17, 15) is 18.0 Å². The van der Waals surface area contributed by atoms with Gasteiger partial charge in [-0.1, -0.05) is 30.3 Å². The topological polar surface area (TPSA) is 122 Å². The molecule has 9 nitrogen and oxygen atoms in total. The molecule has 3 aromatic carbocycles. The Morgan fingerprint density at radius 2 is 1.71 bits per heavy atom. The van der Waals surface area contributed by atoms with E-state index in [0.717, 1.165) is 11.3 Å². The fourth-order valence-corrected chi connectivity index (χ4v) is 5.05. The van der Waals surface area contributed by atoms with Crippen molar-refractivity contribution in [3.05, 3.63) is 84.4 Å². The third-order valence-corrected chi connectivity index (χ3v) is 7.35. The number of nitrogens with one attached hydrogen (secondary N) is 1. The van der Waals surface area contributed by atoms with Gasteiger partial charge in [-0.3, -0.25) is 9.59 Å². The van der Waals surface area contributed by atoms with Crippen molar-refractivity contribution in [1.29, 1.82) is 0 Å². The van der Waals surface area contributed by atoms with Gasteiger partial charge >= 0.3 is 0 Å². The number of para-hydroxylation sites is 1. The lowest BCUT2D eigenvalue weighted by Gasteiger charge is -2.30. The minimum atomic E-state index is -3.80. The number of ether oxygens (including phenoxy) is 1. The van der Waals surface area contributed by atoms with Crippen LogP contribution in [-0.4, -0.2) is 49.4 Å². The molecule has 4 rings (SSSR count). The van der Waals surface area contributed by atoms with E-state index in [1.165, 1.54) is 17.0 Å². The minimum absolute atomic E-state index is 0.0157. The van der Waals surface area contributed by atoms with Gasteiger partial charge in [0, 0.05) is 12.2 Å². The Kier molecular flexibility index (Phi) is 8.40. The molecular formula is C27H28N4O5S2. The molecule has 3 aromatic rings. The molecule has 0 spiro atoms. The molecule has 0 unspecified atom stereocenters. The van der Waals surface area contributed by atoms with E-state index in [2.05, 4.69) is 5.32 Å². The van der Waals surface area contributed by atoms with Gasteiger partial charge in [0.15, 0.2) is 5.11 Å². The van der Waals surface area contributed by atoms with Crippen molar-refractivity contribution in [3.63, 3.8) is 0 Å². The summed E-state index contributed by atoms with van der Waals surface area (Å²) in [6.45, 7) is 2.70. The standard InChI is InChI=1S/C27H28N4O5S2/c1-2-36-22-12-10-21(11-13-22)31-25(32)18-24(26(31)33)30(27(37)29-20-6-4-3-5-7-20)17-16-19-8-14-23(15-9-19)38(28,34)35/h3-15,24H,2,16-18H2,1H3,(H,29,37)(H2,28,34,35)/t24-/m1/s1. The van der Waals surface area contributed by atoms with Crippen molar-refractivity contribution in [2.75, 3.05) is 23.4 Å². The van der Waals surface area contributed by atoms with Gasteiger partial charge in [0.25, 0.3) is 5.91 Å². The number of primary sulfonamides is 1. The van der Waals surface area contributed by atoms with Gasteiger partial charge in [0.2, 0.25) is 15.9 Å². The summed E-state index contributed by atoms with van der Waals surface area (Å²) in [5.74, 6) is -0.0506. The van der Waals surface area contributed by atoms with Gasteiger partial charge in [-0.2, -0.15) is 0 Å². The summed E-state index contributed by atoms with van der Waals surface area (Å²) in [6.07, 6.45) is 0.412. The van der Waals surface area contributed by atoms with Crippen LogP contribution in [0.3, 0.4) is 0 Å². The number of anilines is 2. The molecule has 1 heterocycles. The number of sulfonamides is 1. The molecule has 1 aliphatic heterocycles. The summed E-state index contributed by atoms with van der Waals surface area (Å²) >= 11 is 5.69. The number of benzene rings is 3. The Balaban J connectivity index is 1.56. The summed E-state index contributed by atoms with van der Waals surface area (Å²) in [6, 6.07) is 21.5. The SMILES string of the molecule is CCOc1ccc(N2C(=O)C[C@@H](N(CCc3ccc(S(N)(=O)=O)cc3)C(=S)Nc3ccccc3)C2=O)cc1. The Hall–Kier alpha value is -3.80.